The molecule has 94 valence electrons. The zero-order valence-electron chi connectivity index (χ0n) is 10.8. The smallest absolute Gasteiger partial charge is 0.134 e. The maximum atomic E-state index is 4.29. The zero-order valence-corrected chi connectivity index (χ0v) is 10.8. The van der Waals surface area contributed by atoms with Crippen molar-refractivity contribution < 1.29 is 0 Å². The second kappa shape index (κ2) is 5.84. The highest BCUT2D eigenvalue weighted by atomic mass is 15.1. The summed E-state index contributed by atoms with van der Waals surface area (Å²) in [5.74, 6) is 2.79. The van der Waals surface area contributed by atoms with Gasteiger partial charge in [-0.3, -0.25) is 0 Å². The van der Waals surface area contributed by atoms with Crippen LogP contribution in [-0.2, 0) is 0 Å². The van der Waals surface area contributed by atoms with Crippen LogP contribution in [0.3, 0.4) is 0 Å². The highest BCUT2D eigenvalue weighted by molar-refractivity contribution is 5.55. The third kappa shape index (κ3) is 3.08. The van der Waals surface area contributed by atoms with Crippen LogP contribution < -0.4 is 10.6 Å². The standard InChI is InChI=1S/C13H22N4/c1-10-12(14-2)16-9-17-13(10)15-8-7-11-5-3-4-6-11/h9,11H,3-8H2,1-2H3,(H2,14,15,16,17). The first-order valence-electron chi connectivity index (χ1n) is 6.54. The third-order valence-electron chi connectivity index (χ3n) is 3.64. The van der Waals surface area contributed by atoms with Gasteiger partial charge in [-0.2, -0.15) is 0 Å². The number of hydrogen-bond donors (Lipinski definition) is 2. The molecule has 1 aromatic heterocycles. The van der Waals surface area contributed by atoms with Crippen LogP contribution in [0.5, 0.6) is 0 Å². The largest absolute Gasteiger partial charge is 0.373 e. The van der Waals surface area contributed by atoms with Gasteiger partial charge in [0.05, 0.1) is 0 Å². The molecule has 0 saturated heterocycles. The number of anilines is 2. The Morgan fingerprint density at radius 1 is 1.24 bits per heavy atom. The molecule has 4 nitrogen and oxygen atoms in total. The normalized spacial score (nSPS) is 16.1. The molecule has 0 aliphatic heterocycles. The highest BCUT2D eigenvalue weighted by Gasteiger charge is 2.14. The average Bonchev–Trinajstić information content (AvgIpc) is 2.84. The Kier molecular flexibility index (Phi) is 4.18. The predicted octanol–water partition coefficient (Wildman–Crippen LogP) is 2.82. The highest BCUT2D eigenvalue weighted by Crippen LogP contribution is 2.27. The quantitative estimate of drug-likeness (QED) is 0.822. The minimum atomic E-state index is 0.906. The number of aromatic nitrogens is 2. The molecule has 0 aromatic carbocycles. The van der Waals surface area contributed by atoms with Gasteiger partial charge in [-0.1, -0.05) is 25.7 Å². The van der Waals surface area contributed by atoms with E-state index >= 15 is 0 Å². The summed E-state index contributed by atoms with van der Waals surface area (Å²) in [6.45, 7) is 3.06. The van der Waals surface area contributed by atoms with E-state index in [1.165, 1.54) is 32.1 Å². The molecule has 1 aliphatic carbocycles. The Labute approximate surface area is 103 Å². The first-order valence-corrected chi connectivity index (χ1v) is 6.54. The van der Waals surface area contributed by atoms with Gasteiger partial charge in [-0.25, -0.2) is 9.97 Å². The molecular formula is C13H22N4. The maximum absolute atomic E-state index is 4.29. The van der Waals surface area contributed by atoms with Crippen molar-refractivity contribution in [1.29, 1.82) is 0 Å². The van der Waals surface area contributed by atoms with Gasteiger partial charge in [-0.05, 0) is 19.3 Å². The monoisotopic (exact) mass is 234 g/mol. The number of rotatable bonds is 5. The van der Waals surface area contributed by atoms with Crippen LogP contribution in [0.4, 0.5) is 11.6 Å². The summed E-state index contributed by atoms with van der Waals surface area (Å²) >= 11 is 0. The average molecular weight is 234 g/mol. The van der Waals surface area contributed by atoms with E-state index in [2.05, 4.69) is 20.6 Å². The molecule has 0 atom stereocenters. The molecule has 2 rings (SSSR count). The van der Waals surface area contributed by atoms with E-state index in [-0.39, 0.29) is 0 Å². The summed E-state index contributed by atoms with van der Waals surface area (Å²) in [6, 6.07) is 0. The first-order chi connectivity index (χ1) is 8.31. The molecule has 0 bridgehead atoms. The second-order valence-electron chi connectivity index (χ2n) is 4.81. The fourth-order valence-electron chi connectivity index (χ4n) is 2.57. The molecule has 0 unspecified atom stereocenters. The Bertz CT molecular complexity index is 358. The lowest BCUT2D eigenvalue weighted by atomic mass is 10.0. The summed E-state index contributed by atoms with van der Waals surface area (Å²) < 4.78 is 0. The van der Waals surface area contributed by atoms with Crippen molar-refractivity contribution in [3.63, 3.8) is 0 Å². The molecule has 1 aromatic rings. The van der Waals surface area contributed by atoms with Crippen LogP contribution in [0.15, 0.2) is 6.33 Å². The lowest BCUT2D eigenvalue weighted by Crippen LogP contribution is -2.10. The topological polar surface area (TPSA) is 49.8 Å². The summed E-state index contributed by atoms with van der Waals surface area (Å²) in [5.41, 5.74) is 1.10. The van der Waals surface area contributed by atoms with Crippen molar-refractivity contribution in [3.8, 4) is 0 Å². The van der Waals surface area contributed by atoms with Crippen molar-refractivity contribution in [2.75, 3.05) is 24.2 Å². The van der Waals surface area contributed by atoms with E-state index < -0.39 is 0 Å². The molecule has 17 heavy (non-hydrogen) atoms. The van der Waals surface area contributed by atoms with E-state index in [9.17, 15) is 0 Å². The number of nitrogens with one attached hydrogen (secondary N) is 2. The van der Waals surface area contributed by atoms with Crippen LogP contribution in [0.2, 0.25) is 0 Å². The second-order valence-corrected chi connectivity index (χ2v) is 4.81. The van der Waals surface area contributed by atoms with Crippen molar-refractivity contribution >= 4 is 11.6 Å². The van der Waals surface area contributed by atoms with Gasteiger partial charge in [0.25, 0.3) is 0 Å². The van der Waals surface area contributed by atoms with E-state index in [1.54, 1.807) is 6.33 Å². The SMILES string of the molecule is CNc1ncnc(NCCC2CCCC2)c1C. The Morgan fingerprint density at radius 3 is 2.65 bits per heavy atom. The van der Waals surface area contributed by atoms with Crippen molar-refractivity contribution in [1.82, 2.24) is 9.97 Å². The zero-order chi connectivity index (χ0) is 12.1. The van der Waals surface area contributed by atoms with Gasteiger partial charge in [-0.15, -0.1) is 0 Å². The van der Waals surface area contributed by atoms with E-state index in [1.807, 2.05) is 14.0 Å². The lowest BCUT2D eigenvalue weighted by molar-refractivity contribution is 0.518. The summed E-state index contributed by atoms with van der Waals surface area (Å²) in [5, 5.41) is 6.50. The predicted molar refractivity (Wildman–Crippen MR) is 71.4 cm³/mol. The van der Waals surface area contributed by atoms with Crippen LogP contribution in [-0.4, -0.2) is 23.6 Å². The Balaban J connectivity index is 1.85. The minimum absolute atomic E-state index is 0.906. The van der Waals surface area contributed by atoms with Crippen LogP contribution in [0, 0.1) is 12.8 Å². The first kappa shape index (κ1) is 12.1. The molecule has 0 radical (unpaired) electrons. The van der Waals surface area contributed by atoms with E-state index in [4.69, 9.17) is 0 Å². The molecule has 1 heterocycles. The lowest BCUT2D eigenvalue weighted by Gasteiger charge is -2.13. The van der Waals surface area contributed by atoms with Crippen LogP contribution >= 0.6 is 0 Å². The molecule has 1 saturated carbocycles. The summed E-state index contributed by atoms with van der Waals surface area (Å²) in [4.78, 5) is 8.47. The number of hydrogen-bond acceptors (Lipinski definition) is 4. The third-order valence-corrected chi connectivity index (χ3v) is 3.64. The molecule has 1 fully saturated rings. The molecule has 0 spiro atoms. The summed E-state index contributed by atoms with van der Waals surface area (Å²) in [6.07, 6.45) is 8.52. The molecule has 2 N–H and O–H groups in total. The Morgan fingerprint density at radius 2 is 1.94 bits per heavy atom. The van der Waals surface area contributed by atoms with Gasteiger partial charge in [0.15, 0.2) is 0 Å². The molecule has 1 aliphatic rings. The van der Waals surface area contributed by atoms with Crippen LogP contribution in [0.25, 0.3) is 0 Å². The van der Waals surface area contributed by atoms with Gasteiger partial charge in [0.1, 0.15) is 18.0 Å². The van der Waals surface area contributed by atoms with Crippen molar-refractivity contribution in [3.05, 3.63) is 11.9 Å². The van der Waals surface area contributed by atoms with E-state index in [0.717, 1.165) is 29.7 Å². The summed E-state index contributed by atoms with van der Waals surface area (Å²) in [7, 11) is 1.89. The maximum Gasteiger partial charge on any atom is 0.134 e. The fraction of sp³-hybridized carbons (Fsp3) is 0.692. The van der Waals surface area contributed by atoms with Gasteiger partial charge in [0.2, 0.25) is 0 Å². The molecule has 0 amide bonds. The van der Waals surface area contributed by atoms with E-state index in [0.29, 0.717) is 0 Å². The minimum Gasteiger partial charge on any atom is -0.373 e. The number of nitrogens with zero attached hydrogens (tertiary/aromatic N) is 2. The molecular weight excluding hydrogens is 212 g/mol. The Hall–Kier alpha value is -1.32. The van der Waals surface area contributed by atoms with Gasteiger partial charge >= 0.3 is 0 Å². The van der Waals surface area contributed by atoms with Crippen molar-refractivity contribution in [2.24, 2.45) is 5.92 Å². The fourth-order valence-corrected chi connectivity index (χ4v) is 2.57. The van der Waals surface area contributed by atoms with Gasteiger partial charge in [0, 0.05) is 19.2 Å². The van der Waals surface area contributed by atoms with Crippen LogP contribution in [0.1, 0.15) is 37.7 Å². The molecule has 4 heteroatoms. The van der Waals surface area contributed by atoms with Crippen molar-refractivity contribution in [2.45, 2.75) is 39.0 Å². The van der Waals surface area contributed by atoms with Gasteiger partial charge < -0.3 is 10.6 Å².